The lowest BCUT2D eigenvalue weighted by molar-refractivity contribution is -0.137. The van der Waals surface area contributed by atoms with Crippen molar-refractivity contribution in [1.82, 2.24) is 10.1 Å². The number of nitrogens with two attached hydrogens (primary N) is 1. The van der Waals surface area contributed by atoms with Crippen molar-refractivity contribution >= 4 is 11.6 Å². The summed E-state index contributed by atoms with van der Waals surface area (Å²) in [5, 5.41) is 3.85. The van der Waals surface area contributed by atoms with Crippen molar-refractivity contribution in [3.05, 3.63) is 65.5 Å². The van der Waals surface area contributed by atoms with Gasteiger partial charge in [0.25, 0.3) is 0 Å². The monoisotopic (exact) mass is 416 g/mol. The predicted molar refractivity (Wildman–Crippen MR) is 103 cm³/mol. The number of anilines is 1. The first kappa shape index (κ1) is 19.9. The van der Waals surface area contributed by atoms with Gasteiger partial charge in [-0.2, -0.15) is 18.2 Å². The molecule has 6 nitrogen and oxygen atoms in total. The summed E-state index contributed by atoms with van der Waals surface area (Å²) in [5.41, 5.74) is 6.70. The summed E-state index contributed by atoms with van der Waals surface area (Å²) in [6, 6.07) is 12.2. The first-order valence-electron chi connectivity index (χ1n) is 9.39. The first-order chi connectivity index (χ1) is 14.2. The van der Waals surface area contributed by atoms with Crippen LogP contribution in [0.15, 0.2) is 53.1 Å². The van der Waals surface area contributed by atoms with E-state index in [9.17, 15) is 18.0 Å². The number of rotatable bonds is 4. The first-order valence-corrected chi connectivity index (χ1v) is 9.39. The van der Waals surface area contributed by atoms with E-state index in [4.69, 9.17) is 10.3 Å². The van der Waals surface area contributed by atoms with E-state index in [1.807, 2.05) is 36.1 Å². The number of halogens is 3. The van der Waals surface area contributed by atoms with Gasteiger partial charge < -0.3 is 15.2 Å². The van der Waals surface area contributed by atoms with Crippen molar-refractivity contribution in [2.24, 2.45) is 5.73 Å². The van der Waals surface area contributed by atoms with Crippen molar-refractivity contribution in [1.29, 1.82) is 0 Å². The third kappa shape index (κ3) is 3.74. The Morgan fingerprint density at radius 2 is 2.00 bits per heavy atom. The Bertz CT molecular complexity index is 1080. The van der Waals surface area contributed by atoms with Crippen LogP contribution in [0.2, 0.25) is 0 Å². The molecule has 0 spiro atoms. The van der Waals surface area contributed by atoms with E-state index >= 15 is 0 Å². The predicted octanol–water partition coefficient (Wildman–Crippen LogP) is 4.12. The van der Waals surface area contributed by atoms with Crippen LogP contribution < -0.4 is 10.6 Å². The number of carbonyl (C=O) groups excluding carboxylic acids is 1. The lowest BCUT2D eigenvalue weighted by Gasteiger charge is -2.39. The zero-order valence-corrected chi connectivity index (χ0v) is 16.1. The summed E-state index contributed by atoms with van der Waals surface area (Å²) in [6.45, 7) is 2.23. The Morgan fingerprint density at radius 1 is 1.23 bits per heavy atom. The van der Waals surface area contributed by atoms with Crippen molar-refractivity contribution in [3.8, 4) is 11.4 Å². The number of hydrogen-bond donors (Lipinski definition) is 1. The van der Waals surface area contributed by atoms with Gasteiger partial charge in [0.2, 0.25) is 17.6 Å². The highest BCUT2D eigenvalue weighted by Crippen LogP contribution is 2.39. The molecule has 9 heteroatoms. The van der Waals surface area contributed by atoms with Gasteiger partial charge in [-0.25, -0.2) is 0 Å². The van der Waals surface area contributed by atoms with Crippen molar-refractivity contribution in [2.45, 2.75) is 38.0 Å². The van der Waals surface area contributed by atoms with Gasteiger partial charge in [-0.3, -0.25) is 4.79 Å². The third-order valence-corrected chi connectivity index (χ3v) is 5.30. The zero-order valence-electron chi connectivity index (χ0n) is 16.1. The van der Waals surface area contributed by atoms with Gasteiger partial charge in [-0.05, 0) is 37.1 Å². The van der Waals surface area contributed by atoms with Gasteiger partial charge in [0.05, 0.1) is 18.0 Å². The molecule has 30 heavy (non-hydrogen) atoms. The molecule has 1 aromatic heterocycles. The minimum Gasteiger partial charge on any atom is -0.369 e. The van der Waals surface area contributed by atoms with Crippen LogP contribution in [0.3, 0.4) is 0 Å². The second kappa shape index (κ2) is 7.47. The molecule has 1 aliphatic rings. The average molecular weight is 416 g/mol. The fraction of sp³-hybridized carbons (Fsp3) is 0.286. The number of benzene rings is 2. The third-order valence-electron chi connectivity index (χ3n) is 5.30. The van der Waals surface area contributed by atoms with Gasteiger partial charge in [-0.15, -0.1) is 0 Å². The molecule has 0 fully saturated rings. The largest absolute Gasteiger partial charge is 0.416 e. The molecular weight excluding hydrogens is 397 g/mol. The van der Waals surface area contributed by atoms with Crippen LogP contribution in [0.25, 0.3) is 11.4 Å². The van der Waals surface area contributed by atoms with E-state index in [0.29, 0.717) is 6.42 Å². The molecule has 0 saturated heterocycles. The summed E-state index contributed by atoms with van der Waals surface area (Å²) in [6.07, 6.45) is -3.91. The van der Waals surface area contributed by atoms with E-state index in [0.717, 1.165) is 23.4 Å². The van der Waals surface area contributed by atoms with Crippen LogP contribution in [-0.2, 0) is 17.5 Å². The van der Waals surface area contributed by atoms with E-state index in [1.165, 1.54) is 12.1 Å². The van der Waals surface area contributed by atoms with Crippen LogP contribution in [-0.4, -0.2) is 22.1 Å². The van der Waals surface area contributed by atoms with Gasteiger partial charge in [0.1, 0.15) is 0 Å². The molecular formula is C21H19F3N4O2. The summed E-state index contributed by atoms with van der Waals surface area (Å²) in [5.74, 6) is -0.403. The highest BCUT2D eigenvalue weighted by atomic mass is 19.4. The van der Waals surface area contributed by atoms with E-state index in [1.54, 1.807) is 0 Å². The highest BCUT2D eigenvalue weighted by Gasteiger charge is 2.34. The van der Waals surface area contributed by atoms with Gasteiger partial charge in [0.15, 0.2) is 0 Å². The van der Waals surface area contributed by atoms with Crippen molar-refractivity contribution in [3.63, 3.8) is 0 Å². The number of hydrogen-bond acceptors (Lipinski definition) is 5. The molecule has 156 valence electrons. The number of para-hydroxylation sites is 1. The number of amides is 1. The molecule has 1 amide bonds. The molecule has 2 atom stereocenters. The van der Waals surface area contributed by atoms with Crippen LogP contribution >= 0.6 is 0 Å². The highest BCUT2D eigenvalue weighted by molar-refractivity contribution is 5.85. The Kier molecular flexibility index (Phi) is 4.97. The van der Waals surface area contributed by atoms with E-state index < -0.39 is 11.7 Å². The molecule has 0 bridgehead atoms. The summed E-state index contributed by atoms with van der Waals surface area (Å²) in [4.78, 5) is 18.2. The maximum absolute atomic E-state index is 13.0. The Labute approximate surface area is 170 Å². The Balaban J connectivity index is 1.61. The van der Waals surface area contributed by atoms with Gasteiger partial charge in [0, 0.05) is 17.3 Å². The zero-order chi connectivity index (χ0) is 21.5. The molecule has 0 saturated carbocycles. The lowest BCUT2D eigenvalue weighted by atomic mass is 9.85. The number of nitrogens with zero attached hydrogens (tertiary/aromatic N) is 3. The molecule has 1 aliphatic heterocycles. The Hall–Kier alpha value is -3.36. The minimum atomic E-state index is -4.45. The number of aromatic nitrogens is 2. The Morgan fingerprint density at radius 3 is 2.73 bits per heavy atom. The molecule has 2 heterocycles. The second-order valence-corrected chi connectivity index (χ2v) is 7.32. The molecule has 4 rings (SSSR count). The number of carbonyl (C=O) groups is 1. The average Bonchev–Trinajstić information content (AvgIpc) is 3.18. The SMILES string of the molecule is C[C@H]1C[C@@H](C(N)=O)c2ccccc2N1Cc1nc(-c2cccc(C(F)(F)F)c2)no1. The molecule has 0 radical (unpaired) electrons. The number of primary amides is 1. The minimum absolute atomic E-state index is 0.0266. The standard InChI is InChI=1S/C21H19F3N4O2/c1-12-9-16(19(25)29)15-7-2-3-8-17(15)28(12)11-18-26-20(27-30-18)13-5-4-6-14(10-13)21(22,23)24/h2-8,10,12,16H,9,11H2,1H3,(H2,25,29)/t12-,16+/m0/s1. The van der Waals surface area contributed by atoms with Crippen LogP contribution in [0.5, 0.6) is 0 Å². The second-order valence-electron chi connectivity index (χ2n) is 7.32. The fourth-order valence-electron chi connectivity index (χ4n) is 3.80. The summed E-state index contributed by atoms with van der Waals surface area (Å²) in [7, 11) is 0. The topological polar surface area (TPSA) is 85.3 Å². The number of alkyl halides is 3. The molecule has 0 unspecified atom stereocenters. The molecule has 0 aliphatic carbocycles. The van der Waals surface area contributed by atoms with Crippen LogP contribution in [0.4, 0.5) is 18.9 Å². The van der Waals surface area contributed by atoms with Gasteiger partial charge in [-0.1, -0.05) is 35.5 Å². The van der Waals surface area contributed by atoms with Crippen molar-refractivity contribution < 1.29 is 22.5 Å². The van der Waals surface area contributed by atoms with E-state index in [2.05, 4.69) is 10.1 Å². The van der Waals surface area contributed by atoms with Crippen LogP contribution in [0, 0.1) is 0 Å². The smallest absolute Gasteiger partial charge is 0.369 e. The summed E-state index contributed by atoms with van der Waals surface area (Å²) < 4.78 is 44.2. The van der Waals surface area contributed by atoms with Gasteiger partial charge >= 0.3 is 6.18 Å². The van der Waals surface area contributed by atoms with Crippen molar-refractivity contribution in [2.75, 3.05) is 4.90 Å². The molecule has 3 aromatic rings. The maximum atomic E-state index is 13.0. The molecule has 2 N–H and O–H groups in total. The number of fused-ring (bicyclic) bond motifs is 1. The fourth-order valence-corrected chi connectivity index (χ4v) is 3.80. The van der Waals surface area contributed by atoms with Crippen LogP contribution in [0.1, 0.15) is 36.3 Å². The quantitative estimate of drug-likeness (QED) is 0.692. The summed E-state index contributed by atoms with van der Waals surface area (Å²) >= 11 is 0. The normalized spacial score (nSPS) is 18.9. The lowest BCUT2D eigenvalue weighted by Crippen LogP contribution is -2.41. The molecule has 2 aromatic carbocycles. The maximum Gasteiger partial charge on any atom is 0.416 e. The van der Waals surface area contributed by atoms with E-state index in [-0.39, 0.29) is 41.7 Å².